The fraction of sp³-hybridized carbons (Fsp3) is 0.350. The predicted octanol–water partition coefficient (Wildman–Crippen LogP) is 5.43. The van der Waals surface area contributed by atoms with Crippen LogP contribution in [-0.4, -0.2) is 46.7 Å². The van der Waals surface area contributed by atoms with Crippen LogP contribution in [0.1, 0.15) is 18.1 Å². The minimum absolute atomic E-state index is 0.310. The molecule has 0 amide bonds. The van der Waals surface area contributed by atoms with E-state index in [0.29, 0.717) is 23.0 Å². The van der Waals surface area contributed by atoms with Crippen LogP contribution in [0.2, 0.25) is 0 Å². The van der Waals surface area contributed by atoms with E-state index in [1.165, 1.54) is 12.1 Å². The molecule has 2 rings (SSSR count). The zero-order chi connectivity index (χ0) is 24.1. The van der Waals surface area contributed by atoms with E-state index >= 15 is 0 Å². The summed E-state index contributed by atoms with van der Waals surface area (Å²) in [5.74, 6) is -13.5. The van der Waals surface area contributed by atoms with Gasteiger partial charge in [-0.05, 0) is 23.6 Å². The van der Waals surface area contributed by atoms with Crippen molar-refractivity contribution >= 4 is 12.0 Å². The normalized spacial score (nSPS) is 14.6. The second-order valence-electron chi connectivity index (χ2n) is 6.46. The van der Waals surface area contributed by atoms with Crippen molar-refractivity contribution in [3.63, 3.8) is 0 Å². The number of hydrogen-bond acceptors (Lipinski definition) is 4. The summed E-state index contributed by atoms with van der Waals surface area (Å²) in [5.41, 5.74) is 1.85. The van der Waals surface area contributed by atoms with Crippen molar-refractivity contribution in [1.82, 2.24) is 9.97 Å². The van der Waals surface area contributed by atoms with Gasteiger partial charge in [0.2, 0.25) is 6.17 Å². The first-order chi connectivity index (χ1) is 14.9. The zero-order valence-electron chi connectivity index (χ0n) is 16.3. The molecule has 0 saturated carbocycles. The monoisotopic (exact) mass is 468 g/mol. The Morgan fingerprint density at radius 1 is 1.00 bits per heavy atom. The van der Waals surface area contributed by atoms with Crippen LogP contribution in [0.4, 0.5) is 35.1 Å². The number of alkyl halides is 8. The van der Waals surface area contributed by atoms with Gasteiger partial charge in [-0.25, -0.2) is 27.9 Å². The number of halogens is 8. The van der Waals surface area contributed by atoms with E-state index in [-0.39, 0.29) is 0 Å². The molecule has 0 fully saturated rings. The van der Waals surface area contributed by atoms with Crippen LogP contribution in [0.15, 0.2) is 42.7 Å². The van der Waals surface area contributed by atoms with Gasteiger partial charge in [-0.2, -0.15) is 22.0 Å². The number of rotatable bonds is 9. The molecule has 4 nitrogen and oxygen atoms in total. The number of carbonyl (C=O) groups is 1. The van der Waals surface area contributed by atoms with Gasteiger partial charge in [0.25, 0.3) is 6.43 Å². The smallest absolute Gasteiger partial charge is 0.378 e. The Morgan fingerprint density at radius 2 is 1.56 bits per heavy atom. The van der Waals surface area contributed by atoms with Crippen LogP contribution >= 0.6 is 0 Å². The molecule has 12 heteroatoms. The largest absolute Gasteiger partial charge is 0.421 e. The Hall–Kier alpha value is -3.05. The molecule has 0 bridgehead atoms. The highest BCUT2D eigenvalue weighted by atomic mass is 19.3. The molecule has 32 heavy (non-hydrogen) atoms. The summed E-state index contributed by atoms with van der Waals surface area (Å²) in [7, 11) is 0. The number of nitrogens with zero attached hydrogens (tertiary/aromatic N) is 2. The van der Waals surface area contributed by atoms with E-state index in [4.69, 9.17) is 0 Å². The van der Waals surface area contributed by atoms with Crippen molar-refractivity contribution in [1.29, 1.82) is 0 Å². The molecule has 2 aromatic rings. The standard InChI is InChI=1S/C20H16F8N2O2/c1-2-11-9-29-17(30-10-11)13-6-3-12(4-7-13)5-8-14(31)32-18(24)20(27,28)19(25,26)15(21)16(22)23/h3-10,15-16,18H,2H2,1H3. The Bertz CT molecular complexity index is 934. The maximum absolute atomic E-state index is 13.4. The molecule has 1 heterocycles. The van der Waals surface area contributed by atoms with Crippen LogP contribution in [0.5, 0.6) is 0 Å². The SMILES string of the molecule is CCc1cnc(-c2ccc(C=CC(=O)OC(F)C(F)(F)C(F)(F)C(F)C(F)F)cc2)nc1. The molecule has 174 valence electrons. The van der Waals surface area contributed by atoms with Crippen molar-refractivity contribution in [2.45, 2.75) is 44.1 Å². The number of hydrogen-bond donors (Lipinski definition) is 0. The third kappa shape index (κ3) is 5.60. The van der Waals surface area contributed by atoms with E-state index in [1.807, 2.05) is 6.92 Å². The van der Waals surface area contributed by atoms with E-state index in [0.717, 1.165) is 18.1 Å². The number of ether oxygens (including phenoxy) is 1. The Kier molecular flexibility index (Phi) is 7.92. The molecular formula is C20H16F8N2O2. The zero-order valence-corrected chi connectivity index (χ0v) is 16.3. The molecule has 0 aliphatic heterocycles. The lowest BCUT2D eigenvalue weighted by Gasteiger charge is -2.30. The molecule has 1 aromatic carbocycles. The first kappa shape index (κ1) is 25.2. The predicted molar refractivity (Wildman–Crippen MR) is 97.7 cm³/mol. The summed E-state index contributed by atoms with van der Waals surface area (Å²) in [6, 6.07) is 6.04. The van der Waals surface area contributed by atoms with Crippen molar-refractivity contribution < 1.29 is 44.7 Å². The second kappa shape index (κ2) is 10.0. The summed E-state index contributed by atoms with van der Waals surface area (Å²) in [6.07, 6.45) is -8.05. The molecule has 1 aromatic heterocycles. The van der Waals surface area contributed by atoms with Crippen molar-refractivity contribution in [2.24, 2.45) is 0 Å². The molecule has 2 unspecified atom stereocenters. The van der Waals surface area contributed by atoms with E-state index < -0.39 is 36.8 Å². The van der Waals surface area contributed by atoms with Crippen molar-refractivity contribution in [2.75, 3.05) is 0 Å². The quantitative estimate of drug-likeness (QED) is 0.280. The fourth-order valence-electron chi connectivity index (χ4n) is 2.30. The summed E-state index contributed by atoms with van der Waals surface area (Å²) >= 11 is 0. The molecule has 2 atom stereocenters. The average Bonchev–Trinajstić information content (AvgIpc) is 2.77. The number of carbonyl (C=O) groups excluding carboxylic acids is 1. The van der Waals surface area contributed by atoms with E-state index in [1.54, 1.807) is 24.5 Å². The Morgan fingerprint density at radius 3 is 2.06 bits per heavy atom. The lowest BCUT2D eigenvalue weighted by molar-refractivity contribution is -0.312. The van der Waals surface area contributed by atoms with Gasteiger partial charge < -0.3 is 4.74 Å². The van der Waals surface area contributed by atoms with Gasteiger partial charge in [-0.15, -0.1) is 0 Å². The molecular weight excluding hydrogens is 452 g/mol. The molecule has 0 N–H and O–H groups in total. The van der Waals surface area contributed by atoms with E-state index in [9.17, 15) is 39.9 Å². The first-order valence-electron chi connectivity index (χ1n) is 9.02. The number of esters is 1. The number of benzene rings is 1. The average molecular weight is 468 g/mol. The third-order valence-corrected chi connectivity index (χ3v) is 4.21. The highest BCUT2D eigenvalue weighted by Gasteiger charge is 2.70. The molecule has 0 aliphatic rings. The van der Waals surface area contributed by atoms with Gasteiger partial charge in [0, 0.05) is 24.0 Å². The summed E-state index contributed by atoms with van der Waals surface area (Å²) in [5, 5.41) is 0. The van der Waals surface area contributed by atoms with Crippen LogP contribution in [-0.2, 0) is 16.0 Å². The summed E-state index contributed by atoms with van der Waals surface area (Å²) in [4.78, 5) is 19.8. The van der Waals surface area contributed by atoms with Crippen LogP contribution in [0, 0.1) is 0 Å². The fourth-order valence-corrected chi connectivity index (χ4v) is 2.30. The van der Waals surface area contributed by atoms with Crippen LogP contribution in [0.25, 0.3) is 17.5 Å². The molecule has 0 radical (unpaired) electrons. The van der Waals surface area contributed by atoms with Gasteiger partial charge in [0.15, 0.2) is 5.82 Å². The van der Waals surface area contributed by atoms with E-state index in [2.05, 4.69) is 14.7 Å². The minimum atomic E-state index is -6.11. The summed E-state index contributed by atoms with van der Waals surface area (Å²) in [6.45, 7) is 1.93. The summed E-state index contributed by atoms with van der Waals surface area (Å²) < 4.78 is 107. The maximum atomic E-state index is 13.4. The highest BCUT2D eigenvalue weighted by molar-refractivity contribution is 5.87. The van der Waals surface area contributed by atoms with Gasteiger partial charge >= 0.3 is 24.2 Å². The van der Waals surface area contributed by atoms with Crippen molar-refractivity contribution in [3.8, 4) is 11.4 Å². The molecule has 0 spiro atoms. The lowest BCUT2D eigenvalue weighted by Crippen LogP contribution is -2.56. The van der Waals surface area contributed by atoms with Crippen LogP contribution in [0.3, 0.4) is 0 Å². The Labute approximate surface area is 176 Å². The molecule has 0 aliphatic carbocycles. The lowest BCUT2D eigenvalue weighted by atomic mass is 10.1. The maximum Gasteiger partial charge on any atom is 0.378 e. The topological polar surface area (TPSA) is 52.1 Å². The third-order valence-electron chi connectivity index (χ3n) is 4.21. The molecule has 0 saturated heterocycles. The number of aryl methyl sites for hydroxylation is 1. The van der Waals surface area contributed by atoms with Gasteiger partial charge in [-0.1, -0.05) is 31.2 Å². The second-order valence-corrected chi connectivity index (χ2v) is 6.46. The highest BCUT2D eigenvalue weighted by Crippen LogP contribution is 2.44. The van der Waals surface area contributed by atoms with Gasteiger partial charge in [-0.3, -0.25) is 0 Å². The van der Waals surface area contributed by atoms with Gasteiger partial charge in [0.05, 0.1) is 0 Å². The van der Waals surface area contributed by atoms with Gasteiger partial charge in [0.1, 0.15) is 0 Å². The van der Waals surface area contributed by atoms with Crippen LogP contribution < -0.4 is 0 Å². The Balaban J connectivity index is 2.03. The number of aromatic nitrogens is 2. The first-order valence-corrected chi connectivity index (χ1v) is 9.02. The minimum Gasteiger partial charge on any atom is -0.421 e. The van der Waals surface area contributed by atoms with Crippen molar-refractivity contribution in [3.05, 3.63) is 53.9 Å².